The number of aromatic nitrogens is 3. The number of hydrogen-bond donors (Lipinski definition) is 1. The monoisotopic (exact) mass is 502 g/mol. The second kappa shape index (κ2) is 10.6. The highest BCUT2D eigenvalue weighted by Gasteiger charge is 2.16. The summed E-state index contributed by atoms with van der Waals surface area (Å²) in [5.41, 5.74) is 0.882. The molecule has 0 atom stereocenters. The van der Waals surface area contributed by atoms with E-state index in [2.05, 4.69) is 15.4 Å². The molecular weight excluding hydrogens is 474 g/mol. The van der Waals surface area contributed by atoms with Crippen molar-refractivity contribution in [3.63, 3.8) is 0 Å². The summed E-state index contributed by atoms with van der Waals surface area (Å²) in [5.74, 6) is 1.40. The van der Waals surface area contributed by atoms with Gasteiger partial charge in [-0.15, -0.1) is 24.0 Å². The van der Waals surface area contributed by atoms with E-state index in [0.29, 0.717) is 19.6 Å². The van der Waals surface area contributed by atoms with Gasteiger partial charge in [0.1, 0.15) is 11.6 Å². The fraction of sp³-hybridized carbons (Fsp3) is 0.526. The Hall–Kier alpha value is -1.91. The van der Waals surface area contributed by atoms with Crippen LogP contribution in [0.2, 0.25) is 0 Å². The van der Waals surface area contributed by atoms with Crippen molar-refractivity contribution in [1.29, 1.82) is 0 Å². The average Bonchev–Trinajstić information content (AvgIpc) is 2.98. The van der Waals surface area contributed by atoms with Gasteiger partial charge in [-0.3, -0.25) is 9.56 Å². The minimum Gasteiger partial charge on any atom is -0.356 e. The third-order valence-corrected chi connectivity index (χ3v) is 4.74. The van der Waals surface area contributed by atoms with Gasteiger partial charge in [0, 0.05) is 46.7 Å². The van der Waals surface area contributed by atoms with E-state index in [1.807, 2.05) is 18.0 Å². The largest absolute Gasteiger partial charge is 0.356 e. The van der Waals surface area contributed by atoms with E-state index >= 15 is 0 Å². The molecule has 7 nitrogen and oxygen atoms in total. The Labute approximate surface area is 181 Å². The van der Waals surface area contributed by atoms with Crippen molar-refractivity contribution < 1.29 is 4.39 Å². The fourth-order valence-corrected chi connectivity index (χ4v) is 3.39. The molecule has 28 heavy (non-hydrogen) atoms. The van der Waals surface area contributed by atoms with Gasteiger partial charge in [0.2, 0.25) is 0 Å². The first kappa shape index (κ1) is 22.4. The molecule has 2 aromatic rings. The Kier molecular flexibility index (Phi) is 8.46. The molecule has 0 fully saturated rings. The SMILES string of the molecule is CN=C(NCCCn1nc2n(c1=O)CCCC2)N(C)Cc1cccc(F)c1.I. The lowest BCUT2D eigenvalue weighted by Crippen LogP contribution is -2.39. The maximum atomic E-state index is 13.3. The van der Waals surface area contributed by atoms with Crippen molar-refractivity contribution in [3.8, 4) is 0 Å². The summed E-state index contributed by atoms with van der Waals surface area (Å²) < 4.78 is 16.7. The van der Waals surface area contributed by atoms with Gasteiger partial charge in [-0.05, 0) is 37.0 Å². The van der Waals surface area contributed by atoms with Gasteiger partial charge in [-0.25, -0.2) is 13.9 Å². The van der Waals surface area contributed by atoms with Crippen molar-refractivity contribution in [2.75, 3.05) is 20.6 Å². The predicted octanol–water partition coefficient (Wildman–Crippen LogP) is 2.24. The van der Waals surface area contributed by atoms with Crippen LogP contribution in [0, 0.1) is 5.82 Å². The highest BCUT2D eigenvalue weighted by atomic mass is 127. The second-order valence-electron chi connectivity index (χ2n) is 6.84. The molecule has 0 bridgehead atoms. The molecule has 1 aliphatic heterocycles. The van der Waals surface area contributed by atoms with Crippen molar-refractivity contribution in [2.24, 2.45) is 4.99 Å². The average molecular weight is 502 g/mol. The zero-order valence-corrected chi connectivity index (χ0v) is 18.7. The molecule has 2 heterocycles. The molecule has 0 amide bonds. The molecule has 9 heteroatoms. The van der Waals surface area contributed by atoms with Crippen LogP contribution in [0.3, 0.4) is 0 Å². The number of guanidine groups is 1. The van der Waals surface area contributed by atoms with Gasteiger partial charge in [0.15, 0.2) is 5.96 Å². The highest BCUT2D eigenvalue weighted by Crippen LogP contribution is 2.09. The lowest BCUT2D eigenvalue weighted by atomic mass is 10.2. The molecule has 0 radical (unpaired) electrons. The zero-order valence-electron chi connectivity index (χ0n) is 16.4. The minimum absolute atomic E-state index is 0. The number of fused-ring (bicyclic) bond motifs is 1. The van der Waals surface area contributed by atoms with E-state index in [9.17, 15) is 9.18 Å². The number of hydrogen-bond acceptors (Lipinski definition) is 3. The van der Waals surface area contributed by atoms with Gasteiger partial charge in [0.05, 0.1) is 0 Å². The lowest BCUT2D eigenvalue weighted by Gasteiger charge is -2.22. The highest BCUT2D eigenvalue weighted by molar-refractivity contribution is 14.0. The molecular formula is C19H28FIN6O. The minimum atomic E-state index is -0.239. The summed E-state index contributed by atoms with van der Waals surface area (Å²) >= 11 is 0. The first-order chi connectivity index (χ1) is 13.1. The number of aryl methyl sites for hydroxylation is 2. The van der Waals surface area contributed by atoms with E-state index in [4.69, 9.17) is 0 Å². The van der Waals surface area contributed by atoms with Crippen LogP contribution in [0.5, 0.6) is 0 Å². The first-order valence-electron chi connectivity index (χ1n) is 9.41. The molecule has 1 aliphatic rings. The summed E-state index contributed by atoms with van der Waals surface area (Å²) in [6.45, 7) is 2.60. The smallest absolute Gasteiger partial charge is 0.345 e. The fourth-order valence-electron chi connectivity index (χ4n) is 3.39. The molecule has 3 rings (SSSR count). The first-order valence-corrected chi connectivity index (χ1v) is 9.41. The van der Waals surface area contributed by atoms with Gasteiger partial charge < -0.3 is 10.2 Å². The summed E-state index contributed by atoms with van der Waals surface area (Å²) in [5, 5.41) is 7.74. The standard InChI is InChI=1S/C19H27FN6O.HI/c1-21-18(24(2)14-15-7-5-8-16(20)13-15)22-10-6-12-26-19(27)25-11-4-3-9-17(25)23-26;/h5,7-8,13H,3-4,6,9-12,14H2,1-2H3,(H,21,22);1H. The molecule has 154 valence electrons. The van der Waals surface area contributed by atoms with Crippen molar-refractivity contribution in [1.82, 2.24) is 24.6 Å². The quantitative estimate of drug-likeness (QED) is 0.285. The molecule has 1 aromatic heterocycles. The lowest BCUT2D eigenvalue weighted by molar-refractivity contribution is 0.468. The Morgan fingerprint density at radius 3 is 2.93 bits per heavy atom. The van der Waals surface area contributed by atoms with Crippen molar-refractivity contribution in [3.05, 3.63) is 52.0 Å². The normalized spacial score (nSPS) is 13.6. The van der Waals surface area contributed by atoms with E-state index in [1.54, 1.807) is 22.4 Å². The topological polar surface area (TPSA) is 67.5 Å². The number of aliphatic imine (C=N–C) groups is 1. The molecule has 1 N–H and O–H groups in total. The van der Waals surface area contributed by atoms with Crippen LogP contribution in [0.15, 0.2) is 34.1 Å². The van der Waals surface area contributed by atoms with E-state index < -0.39 is 0 Å². The van der Waals surface area contributed by atoms with E-state index in [-0.39, 0.29) is 35.5 Å². The maximum absolute atomic E-state index is 13.3. The predicted molar refractivity (Wildman–Crippen MR) is 119 cm³/mol. The van der Waals surface area contributed by atoms with Crippen LogP contribution in [0.4, 0.5) is 4.39 Å². The van der Waals surface area contributed by atoms with Crippen LogP contribution in [0.25, 0.3) is 0 Å². The van der Waals surface area contributed by atoms with E-state index in [1.165, 1.54) is 12.1 Å². The molecule has 0 saturated heterocycles. The molecule has 0 unspecified atom stereocenters. The van der Waals surface area contributed by atoms with Crippen LogP contribution in [-0.4, -0.2) is 45.8 Å². The number of benzene rings is 1. The van der Waals surface area contributed by atoms with Gasteiger partial charge >= 0.3 is 5.69 Å². The Morgan fingerprint density at radius 1 is 1.39 bits per heavy atom. The van der Waals surface area contributed by atoms with Crippen LogP contribution >= 0.6 is 24.0 Å². The second-order valence-corrected chi connectivity index (χ2v) is 6.84. The van der Waals surface area contributed by atoms with Crippen molar-refractivity contribution in [2.45, 2.75) is 45.3 Å². The van der Waals surface area contributed by atoms with Crippen LogP contribution < -0.4 is 11.0 Å². The Morgan fingerprint density at radius 2 is 2.21 bits per heavy atom. The Bertz CT molecular complexity index is 862. The van der Waals surface area contributed by atoms with Crippen LogP contribution in [-0.2, 0) is 26.1 Å². The molecule has 0 spiro atoms. The number of halogens is 2. The molecule has 1 aromatic carbocycles. The summed E-state index contributed by atoms with van der Waals surface area (Å²) in [7, 11) is 3.63. The number of nitrogens with zero attached hydrogens (tertiary/aromatic N) is 5. The Balaban J connectivity index is 0.00000280. The van der Waals surface area contributed by atoms with Crippen LogP contribution in [0.1, 0.15) is 30.7 Å². The number of rotatable bonds is 6. The summed E-state index contributed by atoms with van der Waals surface area (Å²) in [6.07, 6.45) is 3.81. The maximum Gasteiger partial charge on any atom is 0.345 e. The van der Waals surface area contributed by atoms with E-state index in [0.717, 1.165) is 49.6 Å². The molecule has 0 aliphatic carbocycles. The number of nitrogens with one attached hydrogen (secondary N) is 1. The van der Waals surface area contributed by atoms with Crippen molar-refractivity contribution >= 4 is 29.9 Å². The third kappa shape index (κ3) is 5.55. The summed E-state index contributed by atoms with van der Waals surface area (Å²) in [4.78, 5) is 18.5. The molecule has 0 saturated carbocycles. The van der Waals surface area contributed by atoms with Gasteiger partial charge in [0.25, 0.3) is 0 Å². The zero-order chi connectivity index (χ0) is 19.2. The van der Waals surface area contributed by atoms with Gasteiger partial charge in [-0.2, -0.15) is 5.10 Å². The summed E-state index contributed by atoms with van der Waals surface area (Å²) in [6, 6.07) is 6.56. The third-order valence-electron chi connectivity index (χ3n) is 4.74. The van der Waals surface area contributed by atoms with Gasteiger partial charge in [-0.1, -0.05) is 12.1 Å².